The minimum absolute atomic E-state index is 0.0487. The van der Waals surface area contributed by atoms with Crippen molar-refractivity contribution in [3.8, 4) is 0 Å². The zero-order valence-electron chi connectivity index (χ0n) is 12.1. The Morgan fingerprint density at radius 2 is 1.90 bits per heavy atom. The van der Waals surface area contributed by atoms with Crippen molar-refractivity contribution >= 4 is 33.2 Å². The fourth-order valence-corrected chi connectivity index (χ4v) is 4.15. The summed E-state index contributed by atoms with van der Waals surface area (Å²) in [5.41, 5.74) is 0.441. The number of carbonyl (C=O) groups is 1. The van der Waals surface area contributed by atoms with Gasteiger partial charge in [0, 0.05) is 24.7 Å². The van der Waals surface area contributed by atoms with E-state index in [2.05, 4.69) is 5.32 Å². The summed E-state index contributed by atoms with van der Waals surface area (Å²) in [6.07, 6.45) is 1.72. The van der Waals surface area contributed by atoms with Crippen LogP contribution in [0, 0.1) is 5.92 Å². The molecule has 2 rings (SSSR count). The zero-order chi connectivity index (χ0) is 15.6. The third-order valence-corrected chi connectivity index (χ3v) is 5.79. The van der Waals surface area contributed by atoms with E-state index in [9.17, 15) is 13.2 Å². The van der Waals surface area contributed by atoms with Crippen molar-refractivity contribution in [2.24, 2.45) is 5.92 Å². The van der Waals surface area contributed by atoms with Gasteiger partial charge in [-0.05, 0) is 31.0 Å². The van der Waals surface area contributed by atoms with Gasteiger partial charge in [-0.25, -0.2) is 8.42 Å². The molecule has 0 aliphatic carbocycles. The number of carbonyl (C=O) groups excluding carboxylic acids is 1. The van der Waals surface area contributed by atoms with Crippen LogP contribution in [0.5, 0.6) is 0 Å². The highest BCUT2D eigenvalue weighted by atomic mass is 35.5. The summed E-state index contributed by atoms with van der Waals surface area (Å²) in [7, 11) is -3.60. The van der Waals surface area contributed by atoms with Gasteiger partial charge < -0.3 is 5.32 Å². The van der Waals surface area contributed by atoms with E-state index >= 15 is 0 Å². The van der Waals surface area contributed by atoms with Crippen molar-refractivity contribution in [2.45, 2.75) is 31.6 Å². The molecule has 0 bridgehead atoms. The molecule has 21 heavy (non-hydrogen) atoms. The van der Waals surface area contributed by atoms with Crippen LogP contribution in [0.15, 0.2) is 23.1 Å². The predicted octanol–water partition coefficient (Wildman–Crippen LogP) is 2.72. The van der Waals surface area contributed by atoms with E-state index < -0.39 is 10.0 Å². The largest absolute Gasteiger partial charge is 0.326 e. The summed E-state index contributed by atoms with van der Waals surface area (Å²) in [4.78, 5) is 11.8. The Labute approximate surface area is 130 Å². The maximum absolute atomic E-state index is 12.6. The molecule has 116 valence electrons. The summed E-state index contributed by atoms with van der Waals surface area (Å²) >= 11 is 6.04. The second kappa shape index (κ2) is 6.34. The third-order valence-electron chi connectivity index (χ3n) is 3.41. The van der Waals surface area contributed by atoms with Gasteiger partial charge in [-0.15, -0.1) is 0 Å². The van der Waals surface area contributed by atoms with E-state index in [1.807, 2.05) is 0 Å². The Morgan fingerprint density at radius 3 is 2.48 bits per heavy atom. The summed E-state index contributed by atoms with van der Waals surface area (Å²) in [5, 5.41) is 2.86. The molecular weight excluding hydrogens is 312 g/mol. The number of halogens is 1. The SMILES string of the molecule is CC(C)C(=O)Nc1ccc(Cl)c(S(=O)(=O)N2CCCC2)c1. The molecule has 0 atom stereocenters. The average Bonchev–Trinajstić information content (AvgIpc) is 2.95. The van der Waals surface area contributed by atoms with Gasteiger partial charge in [0.25, 0.3) is 0 Å². The molecule has 0 spiro atoms. The number of hydrogen-bond donors (Lipinski definition) is 1. The van der Waals surface area contributed by atoms with E-state index in [-0.39, 0.29) is 21.7 Å². The maximum atomic E-state index is 12.6. The van der Waals surface area contributed by atoms with Gasteiger partial charge in [0.05, 0.1) is 5.02 Å². The van der Waals surface area contributed by atoms with Crippen LogP contribution in [0.3, 0.4) is 0 Å². The van der Waals surface area contributed by atoms with Crippen LogP contribution in [0.2, 0.25) is 5.02 Å². The van der Waals surface area contributed by atoms with Crippen molar-refractivity contribution < 1.29 is 13.2 Å². The quantitative estimate of drug-likeness (QED) is 0.923. The topological polar surface area (TPSA) is 66.5 Å². The first-order valence-corrected chi connectivity index (χ1v) is 8.75. The van der Waals surface area contributed by atoms with E-state index in [0.29, 0.717) is 18.8 Å². The van der Waals surface area contributed by atoms with Crippen molar-refractivity contribution in [1.82, 2.24) is 4.31 Å². The lowest BCUT2D eigenvalue weighted by atomic mass is 10.2. The highest BCUT2D eigenvalue weighted by Gasteiger charge is 2.29. The van der Waals surface area contributed by atoms with Crippen LogP contribution >= 0.6 is 11.6 Å². The number of anilines is 1. The predicted molar refractivity (Wildman–Crippen MR) is 82.9 cm³/mol. The second-order valence-corrected chi connectivity index (χ2v) is 7.71. The Kier molecular flexibility index (Phi) is 4.91. The van der Waals surface area contributed by atoms with Crippen molar-refractivity contribution in [3.05, 3.63) is 23.2 Å². The second-order valence-electron chi connectivity index (χ2n) is 5.40. The normalized spacial score (nSPS) is 16.4. The Hall–Kier alpha value is -1.11. The van der Waals surface area contributed by atoms with Crippen molar-refractivity contribution in [2.75, 3.05) is 18.4 Å². The first-order chi connectivity index (χ1) is 9.82. The van der Waals surface area contributed by atoms with Crippen LogP contribution in [-0.2, 0) is 14.8 Å². The molecule has 0 aromatic heterocycles. The fourth-order valence-electron chi connectivity index (χ4n) is 2.13. The van der Waals surface area contributed by atoms with Crippen LogP contribution in [0.4, 0.5) is 5.69 Å². The molecule has 1 aliphatic heterocycles. The molecule has 1 aromatic carbocycles. The molecular formula is C14H19ClN2O3S. The number of benzene rings is 1. The Morgan fingerprint density at radius 1 is 1.29 bits per heavy atom. The maximum Gasteiger partial charge on any atom is 0.244 e. The van der Waals surface area contributed by atoms with Gasteiger partial charge in [0.15, 0.2) is 0 Å². The van der Waals surface area contributed by atoms with E-state index in [0.717, 1.165) is 12.8 Å². The van der Waals surface area contributed by atoms with E-state index in [1.165, 1.54) is 16.4 Å². The summed E-state index contributed by atoms with van der Waals surface area (Å²) in [5.74, 6) is -0.346. The fraction of sp³-hybridized carbons (Fsp3) is 0.500. The van der Waals surface area contributed by atoms with E-state index in [4.69, 9.17) is 11.6 Å². The first-order valence-electron chi connectivity index (χ1n) is 6.93. The monoisotopic (exact) mass is 330 g/mol. The number of sulfonamides is 1. The third kappa shape index (κ3) is 3.56. The molecule has 5 nitrogen and oxygen atoms in total. The lowest BCUT2D eigenvalue weighted by Crippen LogP contribution is -2.28. The summed E-state index contributed by atoms with van der Waals surface area (Å²) < 4.78 is 26.5. The minimum atomic E-state index is -3.60. The van der Waals surface area contributed by atoms with Gasteiger partial charge in [-0.2, -0.15) is 4.31 Å². The zero-order valence-corrected chi connectivity index (χ0v) is 13.7. The van der Waals surface area contributed by atoms with E-state index in [1.54, 1.807) is 19.9 Å². The number of nitrogens with zero attached hydrogens (tertiary/aromatic N) is 1. The van der Waals surface area contributed by atoms with Crippen LogP contribution < -0.4 is 5.32 Å². The Bertz CT molecular complexity index is 638. The molecule has 1 saturated heterocycles. The molecule has 1 heterocycles. The van der Waals surface area contributed by atoms with Crippen LogP contribution in [0.1, 0.15) is 26.7 Å². The first kappa shape index (κ1) is 16.3. The number of rotatable bonds is 4. The van der Waals surface area contributed by atoms with Gasteiger partial charge in [0.2, 0.25) is 15.9 Å². The molecule has 1 N–H and O–H groups in total. The minimum Gasteiger partial charge on any atom is -0.326 e. The van der Waals surface area contributed by atoms with Gasteiger partial charge in [0.1, 0.15) is 4.90 Å². The van der Waals surface area contributed by atoms with Crippen LogP contribution in [-0.4, -0.2) is 31.7 Å². The molecule has 1 amide bonds. The molecule has 1 aliphatic rings. The lowest BCUT2D eigenvalue weighted by molar-refractivity contribution is -0.118. The van der Waals surface area contributed by atoms with Crippen molar-refractivity contribution in [1.29, 1.82) is 0 Å². The molecule has 0 saturated carbocycles. The average molecular weight is 331 g/mol. The smallest absolute Gasteiger partial charge is 0.244 e. The van der Waals surface area contributed by atoms with Crippen molar-refractivity contribution in [3.63, 3.8) is 0 Å². The molecule has 1 fully saturated rings. The van der Waals surface area contributed by atoms with Gasteiger partial charge in [-0.3, -0.25) is 4.79 Å². The molecule has 0 radical (unpaired) electrons. The lowest BCUT2D eigenvalue weighted by Gasteiger charge is -2.17. The summed E-state index contributed by atoms with van der Waals surface area (Å²) in [6.45, 7) is 4.57. The number of hydrogen-bond acceptors (Lipinski definition) is 3. The van der Waals surface area contributed by atoms with Gasteiger partial charge >= 0.3 is 0 Å². The summed E-state index contributed by atoms with van der Waals surface area (Å²) in [6, 6.07) is 4.53. The number of amides is 1. The van der Waals surface area contributed by atoms with Crippen LogP contribution in [0.25, 0.3) is 0 Å². The molecule has 0 unspecified atom stereocenters. The number of nitrogens with one attached hydrogen (secondary N) is 1. The highest BCUT2D eigenvalue weighted by Crippen LogP contribution is 2.29. The molecule has 1 aromatic rings. The Balaban J connectivity index is 2.33. The molecule has 7 heteroatoms. The standard InChI is InChI=1S/C14H19ClN2O3S/c1-10(2)14(18)16-11-5-6-12(15)13(9-11)21(19,20)17-7-3-4-8-17/h5-6,9-10H,3-4,7-8H2,1-2H3,(H,16,18). The highest BCUT2D eigenvalue weighted by molar-refractivity contribution is 7.89. The van der Waals surface area contributed by atoms with Gasteiger partial charge in [-0.1, -0.05) is 25.4 Å².